The molecule has 0 aliphatic carbocycles. The van der Waals surface area contributed by atoms with Crippen molar-refractivity contribution in [2.75, 3.05) is 27.9 Å². The summed E-state index contributed by atoms with van der Waals surface area (Å²) in [5.41, 5.74) is 2.73. The van der Waals surface area contributed by atoms with E-state index < -0.39 is 0 Å². The Morgan fingerprint density at radius 1 is 1.07 bits per heavy atom. The quantitative estimate of drug-likeness (QED) is 0.677. The van der Waals surface area contributed by atoms with Crippen LogP contribution in [0, 0.1) is 0 Å². The Hall–Kier alpha value is -3.09. The predicted octanol–water partition coefficient (Wildman–Crippen LogP) is 3.29. The lowest BCUT2D eigenvalue weighted by Crippen LogP contribution is -2.25. The molecule has 1 aliphatic rings. The molecule has 2 aromatic carbocycles. The molecule has 1 amide bonds. The third kappa shape index (κ3) is 4.56. The van der Waals surface area contributed by atoms with Gasteiger partial charge in [0.2, 0.25) is 11.7 Å². The Morgan fingerprint density at radius 2 is 1.83 bits per heavy atom. The van der Waals surface area contributed by atoms with Crippen molar-refractivity contribution in [3.8, 4) is 28.7 Å². The van der Waals surface area contributed by atoms with E-state index in [1.807, 2.05) is 26.0 Å². The minimum atomic E-state index is -0.141. The van der Waals surface area contributed by atoms with Crippen LogP contribution in [0.4, 0.5) is 0 Å². The molecule has 1 heterocycles. The van der Waals surface area contributed by atoms with Gasteiger partial charge in [0, 0.05) is 29.7 Å². The fraction of sp³-hybridized carbons (Fsp3) is 0.435. The van der Waals surface area contributed by atoms with Crippen LogP contribution in [-0.4, -0.2) is 39.9 Å². The summed E-state index contributed by atoms with van der Waals surface area (Å²) in [6.45, 7) is 4.88. The van der Waals surface area contributed by atoms with E-state index in [2.05, 4.69) is 5.32 Å². The van der Waals surface area contributed by atoms with Gasteiger partial charge in [0.25, 0.3) is 0 Å². The smallest absolute Gasteiger partial charge is 0.224 e. The van der Waals surface area contributed by atoms with E-state index in [0.29, 0.717) is 36.0 Å². The lowest BCUT2D eigenvalue weighted by Gasteiger charge is -2.16. The SMILES string of the molecule is CCOc1cc2c(cc1CNC(=O)Cc1ccc(OC)c(OC)c1OC)O[C@@H](C)C2. The first-order valence-electron chi connectivity index (χ1n) is 10.00. The molecule has 1 atom stereocenters. The second-order valence-electron chi connectivity index (χ2n) is 7.08. The van der Waals surface area contributed by atoms with Gasteiger partial charge in [-0.25, -0.2) is 0 Å². The van der Waals surface area contributed by atoms with Gasteiger partial charge in [0.1, 0.15) is 17.6 Å². The molecule has 7 nitrogen and oxygen atoms in total. The highest BCUT2D eigenvalue weighted by atomic mass is 16.5. The topological polar surface area (TPSA) is 75.3 Å². The van der Waals surface area contributed by atoms with Crippen molar-refractivity contribution in [2.24, 2.45) is 0 Å². The largest absolute Gasteiger partial charge is 0.494 e. The van der Waals surface area contributed by atoms with Crippen LogP contribution < -0.4 is 29.0 Å². The Kier molecular flexibility index (Phi) is 6.92. The van der Waals surface area contributed by atoms with Crippen molar-refractivity contribution in [3.05, 3.63) is 41.0 Å². The summed E-state index contributed by atoms with van der Waals surface area (Å²) >= 11 is 0. The minimum absolute atomic E-state index is 0.141. The fourth-order valence-corrected chi connectivity index (χ4v) is 3.64. The number of benzene rings is 2. The molecular formula is C23H29NO6. The number of hydrogen-bond donors (Lipinski definition) is 1. The molecule has 0 aromatic heterocycles. The van der Waals surface area contributed by atoms with E-state index in [0.717, 1.165) is 29.0 Å². The summed E-state index contributed by atoms with van der Waals surface area (Å²) in [5.74, 6) is 3.00. The van der Waals surface area contributed by atoms with Crippen LogP contribution in [0.3, 0.4) is 0 Å². The first-order chi connectivity index (χ1) is 14.5. The standard InChI is InChI=1S/C23H29NO6/c1-6-29-19-10-16-9-14(2)30-20(16)11-17(19)13-24-21(25)12-15-7-8-18(26-3)23(28-5)22(15)27-4/h7-8,10-11,14H,6,9,12-13H2,1-5H3,(H,24,25)/t14-/m0/s1. The number of carbonyl (C=O) groups is 1. The van der Waals surface area contributed by atoms with Crippen molar-refractivity contribution < 1.29 is 28.5 Å². The average Bonchev–Trinajstić information content (AvgIpc) is 3.10. The lowest BCUT2D eigenvalue weighted by molar-refractivity contribution is -0.120. The third-order valence-electron chi connectivity index (χ3n) is 4.99. The van der Waals surface area contributed by atoms with E-state index in [9.17, 15) is 4.79 Å². The molecule has 0 fully saturated rings. The zero-order valence-electron chi connectivity index (χ0n) is 18.2. The van der Waals surface area contributed by atoms with Gasteiger partial charge < -0.3 is 29.0 Å². The first kappa shape index (κ1) is 21.6. The summed E-state index contributed by atoms with van der Waals surface area (Å²) in [4.78, 5) is 12.7. The highest BCUT2D eigenvalue weighted by Gasteiger charge is 2.22. The van der Waals surface area contributed by atoms with E-state index in [1.165, 1.54) is 7.11 Å². The number of nitrogens with one attached hydrogen (secondary N) is 1. The molecule has 0 bridgehead atoms. The molecule has 1 aliphatic heterocycles. The van der Waals surface area contributed by atoms with Crippen molar-refractivity contribution in [2.45, 2.75) is 39.3 Å². The van der Waals surface area contributed by atoms with Gasteiger partial charge in [0.15, 0.2) is 11.5 Å². The van der Waals surface area contributed by atoms with Gasteiger partial charge in [-0.05, 0) is 32.0 Å². The van der Waals surface area contributed by atoms with Gasteiger partial charge in [0.05, 0.1) is 34.4 Å². The summed E-state index contributed by atoms with van der Waals surface area (Å²) in [7, 11) is 4.63. The molecule has 0 radical (unpaired) electrons. The van der Waals surface area contributed by atoms with Gasteiger partial charge in [-0.15, -0.1) is 0 Å². The molecular weight excluding hydrogens is 386 g/mol. The normalized spacial score (nSPS) is 14.5. The average molecular weight is 415 g/mol. The second-order valence-corrected chi connectivity index (χ2v) is 7.08. The number of amides is 1. The zero-order chi connectivity index (χ0) is 21.7. The molecule has 0 unspecified atom stereocenters. The van der Waals surface area contributed by atoms with E-state index in [1.54, 1.807) is 26.4 Å². The number of rotatable bonds is 9. The lowest BCUT2D eigenvalue weighted by atomic mass is 10.1. The summed E-state index contributed by atoms with van der Waals surface area (Å²) < 4.78 is 27.8. The summed E-state index contributed by atoms with van der Waals surface area (Å²) in [6, 6.07) is 7.54. The molecule has 30 heavy (non-hydrogen) atoms. The Labute approximate surface area is 177 Å². The van der Waals surface area contributed by atoms with Gasteiger partial charge in [-0.3, -0.25) is 4.79 Å². The third-order valence-corrected chi connectivity index (χ3v) is 4.99. The Morgan fingerprint density at radius 3 is 2.50 bits per heavy atom. The molecule has 3 rings (SSSR count). The molecule has 0 spiro atoms. The number of hydrogen-bond acceptors (Lipinski definition) is 6. The highest BCUT2D eigenvalue weighted by Crippen LogP contribution is 2.40. The highest BCUT2D eigenvalue weighted by molar-refractivity contribution is 5.80. The fourth-order valence-electron chi connectivity index (χ4n) is 3.64. The predicted molar refractivity (Wildman–Crippen MR) is 113 cm³/mol. The molecule has 1 N–H and O–H groups in total. The molecule has 162 valence electrons. The van der Waals surface area contributed by atoms with Crippen LogP contribution in [0.5, 0.6) is 28.7 Å². The van der Waals surface area contributed by atoms with Crippen LogP contribution in [0.1, 0.15) is 30.5 Å². The Balaban J connectivity index is 1.73. The van der Waals surface area contributed by atoms with Crippen LogP contribution in [0.15, 0.2) is 24.3 Å². The Bertz CT molecular complexity index is 911. The van der Waals surface area contributed by atoms with Gasteiger partial charge in [-0.2, -0.15) is 0 Å². The molecule has 0 saturated carbocycles. The van der Waals surface area contributed by atoms with Crippen molar-refractivity contribution in [3.63, 3.8) is 0 Å². The second kappa shape index (κ2) is 9.61. The summed E-state index contributed by atoms with van der Waals surface area (Å²) in [6.07, 6.45) is 1.16. The molecule has 0 saturated heterocycles. The maximum absolute atomic E-state index is 12.7. The number of carbonyl (C=O) groups excluding carboxylic acids is 1. The monoisotopic (exact) mass is 415 g/mol. The first-order valence-corrected chi connectivity index (χ1v) is 10.00. The van der Waals surface area contributed by atoms with Crippen LogP contribution in [-0.2, 0) is 24.2 Å². The van der Waals surface area contributed by atoms with Crippen molar-refractivity contribution in [1.29, 1.82) is 0 Å². The van der Waals surface area contributed by atoms with Gasteiger partial charge in [-0.1, -0.05) is 6.07 Å². The number of ether oxygens (including phenoxy) is 5. The van der Waals surface area contributed by atoms with E-state index >= 15 is 0 Å². The minimum Gasteiger partial charge on any atom is -0.494 e. The number of methoxy groups -OCH3 is 3. The van der Waals surface area contributed by atoms with E-state index in [4.69, 9.17) is 23.7 Å². The maximum Gasteiger partial charge on any atom is 0.224 e. The van der Waals surface area contributed by atoms with Crippen LogP contribution >= 0.6 is 0 Å². The molecule has 2 aromatic rings. The van der Waals surface area contributed by atoms with Crippen LogP contribution in [0.25, 0.3) is 0 Å². The van der Waals surface area contributed by atoms with Crippen molar-refractivity contribution in [1.82, 2.24) is 5.32 Å². The van der Waals surface area contributed by atoms with Gasteiger partial charge >= 0.3 is 0 Å². The van der Waals surface area contributed by atoms with E-state index in [-0.39, 0.29) is 18.4 Å². The maximum atomic E-state index is 12.7. The number of fused-ring (bicyclic) bond motifs is 1. The van der Waals surface area contributed by atoms with Crippen molar-refractivity contribution >= 4 is 5.91 Å². The zero-order valence-corrected chi connectivity index (χ0v) is 18.2. The molecule has 7 heteroatoms. The van der Waals surface area contributed by atoms with Crippen LogP contribution in [0.2, 0.25) is 0 Å². The summed E-state index contributed by atoms with van der Waals surface area (Å²) in [5, 5.41) is 2.96.